The molecule has 2 N–H and O–H groups in total. The molecule has 0 aliphatic heterocycles. The fraction of sp³-hybridized carbons (Fsp3) is 0.542. The summed E-state index contributed by atoms with van der Waals surface area (Å²) in [6.45, 7) is 10.3. The van der Waals surface area contributed by atoms with Crippen LogP contribution in [0.3, 0.4) is 0 Å². The van der Waals surface area contributed by atoms with Crippen LogP contribution in [0.15, 0.2) is 29.9 Å². The summed E-state index contributed by atoms with van der Waals surface area (Å²) in [6, 6.07) is 1.69. The molecule has 28 heavy (non-hydrogen) atoms. The molecule has 1 amide bonds. The van der Waals surface area contributed by atoms with E-state index in [-0.39, 0.29) is 29.2 Å². The van der Waals surface area contributed by atoms with Gasteiger partial charge in [0.15, 0.2) is 0 Å². The van der Waals surface area contributed by atoms with Gasteiger partial charge in [0.05, 0.1) is 5.56 Å². The maximum Gasteiger partial charge on any atom is 0.257 e. The number of rotatable bonds is 7. The van der Waals surface area contributed by atoms with Gasteiger partial charge in [-0.15, -0.1) is 0 Å². The van der Waals surface area contributed by atoms with E-state index in [2.05, 4.69) is 26.5 Å². The van der Waals surface area contributed by atoms with Crippen LogP contribution in [-0.2, 0) is 6.42 Å². The third kappa shape index (κ3) is 4.60. The number of benzene rings is 1. The van der Waals surface area contributed by atoms with Crippen LogP contribution in [0, 0.1) is 5.92 Å². The molecule has 0 aromatic heterocycles. The second-order valence-corrected chi connectivity index (χ2v) is 8.38. The number of carbonyl (C=O) groups is 1. The van der Waals surface area contributed by atoms with Gasteiger partial charge in [-0.2, -0.15) is 0 Å². The Hall–Kier alpha value is -2.23. The zero-order chi connectivity index (χ0) is 21.0. The molecule has 0 saturated carbocycles. The van der Waals surface area contributed by atoms with Crippen LogP contribution in [0.5, 0.6) is 11.5 Å². The van der Waals surface area contributed by atoms with E-state index in [0.29, 0.717) is 23.1 Å². The van der Waals surface area contributed by atoms with Crippen molar-refractivity contribution in [3.05, 3.63) is 46.6 Å². The fourth-order valence-corrected chi connectivity index (χ4v) is 4.18. The van der Waals surface area contributed by atoms with Crippen molar-refractivity contribution in [2.24, 2.45) is 5.92 Å². The van der Waals surface area contributed by atoms with Gasteiger partial charge in [0.1, 0.15) is 11.5 Å². The zero-order valence-corrected chi connectivity index (χ0v) is 18.0. The molecule has 0 heterocycles. The molecule has 1 aliphatic carbocycles. The number of hydrogen-bond donors (Lipinski definition) is 2. The van der Waals surface area contributed by atoms with E-state index in [4.69, 9.17) is 0 Å². The molecule has 2 atom stereocenters. The first-order chi connectivity index (χ1) is 13.2. The standard InChI is InChI=1S/C24H35NO3/c1-7-8-9-10-17-14-20(26)22(23(27)21(17)24(28)25(5)6)19-13-16(4)11-12-18(19)15(2)3/h13-14,18-19,26-27H,2,7-12H2,1,3-6H3. The van der Waals surface area contributed by atoms with Crippen molar-refractivity contribution in [2.75, 3.05) is 14.1 Å². The highest BCUT2D eigenvalue weighted by molar-refractivity contribution is 5.99. The van der Waals surface area contributed by atoms with Gasteiger partial charge >= 0.3 is 0 Å². The predicted octanol–water partition coefficient (Wildman–Crippen LogP) is 5.55. The van der Waals surface area contributed by atoms with Crippen molar-refractivity contribution >= 4 is 5.91 Å². The van der Waals surface area contributed by atoms with Crippen molar-refractivity contribution in [1.29, 1.82) is 0 Å². The van der Waals surface area contributed by atoms with E-state index in [1.54, 1.807) is 20.2 Å². The Kier molecular flexibility index (Phi) is 7.34. The van der Waals surface area contributed by atoms with E-state index in [9.17, 15) is 15.0 Å². The molecular formula is C24H35NO3. The molecule has 2 rings (SSSR count). The Labute approximate surface area is 169 Å². The van der Waals surface area contributed by atoms with Gasteiger partial charge in [-0.3, -0.25) is 4.79 Å². The third-order valence-electron chi connectivity index (χ3n) is 5.78. The minimum atomic E-state index is -0.228. The van der Waals surface area contributed by atoms with Gasteiger partial charge in [-0.05, 0) is 57.1 Å². The molecular weight excluding hydrogens is 350 g/mol. The normalized spacial score (nSPS) is 19.2. The second-order valence-electron chi connectivity index (χ2n) is 8.38. The Bertz CT molecular complexity index is 777. The van der Waals surface area contributed by atoms with Crippen LogP contribution in [0.4, 0.5) is 0 Å². The summed E-state index contributed by atoms with van der Waals surface area (Å²) >= 11 is 0. The average Bonchev–Trinajstić information content (AvgIpc) is 2.61. The topological polar surface area (TPSA) is 60.8 Å². The average molecular weight is 386 g/mol. The predicted molar refractivity (Wildman–Crippen MR) is 115 cm³/mol. The largest absolute Gasteiger partial charge is 0.507 e. The Balaban J connectivity index is 2.64. The molecule has 1 aromatic carbocycles. The van der Waals surface area contributed by atoms with Crippen LogP contribution in [0.2, 0.25) is 0 Å². The molecule has 154 valence electrons. The number of unbranched alkanes of at least 4 members (excludes halogenated alkanes) is 2. The van der Waals surface area contributed by atoms with E-state index in [1.165, 1.54) is 10.5 Å². The first-order valence-corrected chi connectivity index (χ1v) is 10.3. The number of phenols is 2. The highest BCUT2D eigenvalue weighted by Crippen LogP contribution is 2.48. The molecule has 1 aromatic rings. The Morgan fingerprint density at radius 2 is 1.96 bits per heavy atom. The molecule has 4 nitrogen and oxygen atoms in total. The molecule has 2 unspecified atom stereocenters. The lowest BCUT2D eigenvalue weighted by Gasteiger charge is -2.32. The van der Waals surface area contributed by atoms with Crippen molar-refractivity contribution in [1.82, 2.24) is 4.90 Å². The number of hydrogen-bond acceptors (Lipinski definition) is 3. The molecule has 0 radical (unpaired) electrons. The van der Waals surface area contributed by atoms with E-state index in [1.807, 2.05) is 6.92 Å². The summed E-state index contributed by atoms with van der Waals surface area (Å²) in [6.07, 6.45) is 7.70. The summed E-state index contributed by atoms with van der Waals surface area (Å²) in [5.41, 5.74) is 3.76. The van der Waals surface area contributed by atoms with Crippen molar-refractivity contribution in [3.8, 4) is 11.5 Å². The van der Waals surface area contributed by atoms with Gasteiger partial charge in [0.25, 0.3) is 5.91 Å². The summed E-state index contributed by atoms with van der Waals surface area (Å²) in [7, 11) is 3.37. The van der Waals surface area contributed by atoms with Crippen molar-refractivity contribution < 1.29 is 15.0 Å². The summed E-state index contributed by atoms with van der Waals surface area (Å²) in [4.78, 5) is 14.4. The molecule has 1 aliphatic rings. The quantitative estimate of drug-likeness (QED) is 0.478. The molecule has 0 saturated heterocycles. The number of phenolic OH excluding ortho intramolecular Hbond substituents is 2. The maximum absolute atomic E-state index is 12.9. The maximum atomic E-state index is 12.9. The number of allylic oxidation sites excluding steroid dienone is 3. The zero-order valence-electron chi connectivity index (χ0n) is 18.0. The Morgan fingerprint density at radius 1 is 1.29 bits per heavy atom. The fourth-order valence-electron chi connectivity index (χ4n) is 4.18. The van der Waals surface area contributed by atoms with Gasteiger partial charge < -0.3 is 15.1 Å². The molecule has 4 heteroatoms. The highest BCUT2D eigenvalue weighted by Gasteiger charge is 2.33. The second kappa shape index (κ2) is 9.31. The number of nitrogens with zero attached hydrogens (tertiary/aromatic N) is 1. The number of amides is 1. The van der Waals surface area contributed by atoms with E-state index in [0.717, 1.165) is 37.7 Å². The van der Waals surface area contributed by atoms with Gasteiger partial charge in [-0.1, -0.05) is 43.6 Å². The lowest BCUT2D eigenvalue weighted by molar-refractivity contribution is 0.0823. The third-order valence-corrected chi connectivity index (χ3v) is 5.78. The molecule has 0 bridgehead atoms. The van der Waals surface area contributed by atoms with Gasteiger partial charge in [0, 0.05) is 25.6 Å². The van der Waals surface area contributed by atoms with Gasteiger partial charge in [0.2, 0.25) is 0 Å². The smallest absolute Gasteiger partial charge is 0.257 e. The number of aryl methyl sites for hydroxylation is 1. The van der Waals surface area contributed by atoms with E-state index >= 15 is 0 Å². The van der Waals surface area contributed by atoms with Crippen LogP contribution < -0.4 is 0 Å². The Morgan fingerprint density at radius 3 is 2.54 bits per heavy atom. The number of aromatic hydroxyl groups is 2. The van der Waals surface area contributed by atoms with Crippen molar-refractivity contribution in [2.45, 2.75) is 65.2 Å². The van der Waals surface area contributed by atoms with Crippen LogP contribution >= 0.6 is 0 Å². The SMILES string of the molecule is C=C(C)C1CCC(C)=CC1c1c(O)cc(CCCCC)c(C(=O)N(C)C)c1O. The van der Waals surface area contributed by atoms with Crippen LogP contribution in [0.25, 0.3) is 0 Å². The molecule has 0 fully saturated rings. The minimum Gasteiger partial charge on any atom is -0.507 e. The number of carbonyl (C=O) groups excluding carboxylic acids is 1. The first-order valence-electron chi connectivity index (χ1n) is 10.3. The summed E-state index contributed by atoms with van der Waals surface area (Å²) < 4.78 is 0. The van der Waals surface area contributed by atoms with Crippen LogP contribution in [0.1, 0.15) is 80.3 Å². The first kappa shape index (κ1) is 22.1. The van der Waals surface area contributed by atoms with Gasteiger partial charge in [-0.25, -0.2) is 0 Å². The highest BCUT2D eigenvalue weighted by atomic mass is 16.3. The monoisotopic (exact) mass is 385 g/mol. The lowest BCUT2D eigenvalue weighted by Crippen LogP contribution is -2.24. The van der Waals surface area contributed by atoms with E-state index < -0.39 is 0 Å². The molecule has 0 spiro atoms. The minimum absolute atomic E-state index is 0.0708. The van der Waals surface area contributed by atoms with Crippen LogP contribution in [-0.4, -0.2) is 35.1 Å². The summed E-state index contributed by atoms with van der Waals surface area (Å²) in [5.74, 6) is -0.277. The lowest BCUT2D eigenvalue weighted by atomic mass is 9.73. The summed E-state index contributed by atoms with van der Waals surface area (Å²) in [5, 5.41) is 22.1. The van der Waals surface area contributed by atoms with Crippen molar-refractivity contribution in [3.63, 3.8) is 0 Å².